The summed E-state index contributed by atoms with van der Waals surface area (Å²) < 4.78 is 5.28. The third kappa shape index (κ3) is 2.76. The first-order valence-corrected chi connectivity index (χ1v) is 8.35. The summed E-state index contributed by atoms with van der Waals surface area (Å²) in [6.45, 7) is 0. The predicted octanol–water partition coefficient (Wildman–Crippen LogP) is 4.09. The second kappa shape index (κ2) is 6.26. The molecule has 0 spiro atoms. The number of fused-ring (bicyclic) bond motifs is 3. The molecule has 1 aliphatic carbocycles. The minimum Gasteiger partial charge on any atom is -0.497 e. The van der Waals surface area contributed by atoms with Gasteiger partial charge in [-0.1, -0.05) is 23.7 Å². The minimum atomic E-state index is -0.237. The van der Waals surface area contributed by atoms with Crippen LogP contribution in [0.1, 0.15) is 21.6 Å². The monoisotopic (exact) mass is 353 g/mol. The van der Waals surface area contributed by atoms with Gasteiger partial charge in [-0.15, -0.1) is 0 Å². The number of carbonyl (C=O) groups is 1. The van der Waals surface area contributed by atoms with Crippen LogP contribution in [0.3, 0.4) is 0 Å². The molecule has 4 rings (SSSR count). The molecule has 0 fully saturated rings. The van der Waals surface area contributed by atoms with Crippen molar-refractivity contribution in [2.24, 2.45) is 0 Å². The van der Waals surface area contributed by atoms with E-state index in [9.17, 15) is 4.79 Å². The SMILES string of the molecule is COc1ccc2c(c1)CCc1c-2n[nH]c1C(=O)Nc1ccccc1Cl. The lowest BCUT2D eigenvalue weighted by molar-refractivity contribution is 0.102. The number of aromatic nitrogens is 2. The number of rotatable bonds is 3. The smallest absolute Gasteiger partial charge is 0.274 e. The first-order chi connectivity index (χ1) is 12.2. The van der Waals surface area contributed by atoms with Gasteiger partial charge in [0.05, 0.1) is 23.5 Å². The second-order valence-corrected chi connectivity index (χ2v) is 6.29. The summed E-state index contributed by atoms with van der Waals surface area (Å²) in [6.07, 6.45) is 1.59. The number of aryl methyl sites for hydroxylation is 1. The molecule has 0 atom stereocenters. The molecular weight excluding hydrogens is 338 g/mol. The molecule has 1 heterocycles. The fraction of sp³-hybridized carbons (Fsp3) is 0.158. The van der Waals surface area contributed by atoms with Crippen molar-refractivity contribution < 1.29 is 9.53 Å². The number of benzene rings is 2. The maximum atomic E-state index is 12.7. The number of halogens is 1. The van der Waals surface area contributed by atoms with Gasteiger partial charge in [0, 0.05) is 11.1 Å². The van der Waals surface area contributed by atoms with E-state index in [1.54, 1.807) is 19.2 Å². The van der Waals surface area contributed by atoms with Crippen molar-refractivity contribution in [3.8, 4) is 17.0 Å². The maximum Gasteiger partial charge on any atom is 0.274 e. The van der Waals surface area contributed by atoms with E-state index in [-0.39, 0.29) is 5.91 Å². The lowest BCUT2D eigenvalue weighted by Crippen LogP contribution is -2.16. The van der Waals surface area contributed by atoms with Crippen LogP contribution >= 0.6 is 11.6 Å². The third-order valence-corrected chi connectivity index (χ3v) is 4.76. The predicted molar refractivity (Wildman–Crippen MR) is 97.4 cm³/mol. The lowest BCUT2D eigenvalue weighted by Gasteiger charge is -2.17. The van der Waals surface area contributed by atoms with E-state index >= 15 is 0 Å². The number of carbonyl (C=O) groups excluding carboxylic acids is 1. The van der Waals surface area contributed by atoms with Crippen molar-refractivity contribution in [1.82, 2.24) is 10.2 Å². The Morgan fingerprint density at radius 3 is 2.88 bits per heavy atom. The summed E-state index contributed by atoms with van der Waals surface area (Å²) >= 11 is 6.12. The van der Waals surface area contributed by atoms with Gasteiger partial charge in [0.25, 0.3) is 5.91 Å². The second-order valence-electron chi connectivity index (χ2n) is 5.88. The molecule has 0 saturated heterocycles. The molecule has 1 amide bonds. The van der Waals surface area contributed by atoms with Gasteiger partial charge in [-0.05, 0) is 48.7 Å². The number of ether oxygens (including phenoxy) is 1. The van der Waals surface area contributed by atoms with E-state index in [2.05, 4.69) is 15.5 Å². The van der Waals surface area contributed by atoms with Gasteiger partial charge in [-0.2, -0.15) is 5.10 Å². The Balaban J connectivity index is 1.67. The standard InChI is InChI=1S/C19H16ClN3O2/c1-25-12-7-9-13-11(10-12)6-8-14-17(13)22-23-18(14)19(24)21-16-5-3-2-4-15(16)20/h2-5,7,9-10H,6,8H2,1H3,(H,21,24)(H,22,23). The van der Waals surface area contributed by atoms with Crippen LogP contribution in [-0.2, 0) is 12.8 Å². The fourth-order valence-electron chi connectivity index (χ4n) is 3.16. The number of anilines is 1. The number of nitrogens with zero attached hydrogens (tertiary/aromatic N) is 1. The Labute approximate surface area is 150 Å². The average molecular weight is 354 g/mol. The Bertz CT molecular complexity index is 965. The maximum absolute atomic E-state index is 12.7. The number of nitrogens with one attached hydrogen (secondary N) is 2. The van der Waals surface area contributed by atoms with Gasteiger partial charge in [0.1, 0.15) is 11.4 Å². The van der Waals surface area contributed by atoms with Crippen molar-refractivity contribution in [1.29, 1.82) is 0 Å². The van der Waals surface area contributed by atoms with Gasteiger partial charge >= 0.3 is 0 Å². The lowest BCUT2D eigenvalue weighted by atomic mass is 9.89. The Kier molecular flexibility index (Phi) is 3.93. The highest BCUT2D eigenvalue weighted by Gasteiger charge is 2.25. The summed E-state index contributed by atoms with van der Waals surface area (Å²) in [6, 6.07) is 13.1. The summed E-state index contributed by atoms with van der Waals surface area (Å²) in [5.41, 5.74) is 5.04. The number of H-pyrrole nitrogens is 1. The highest BCUT2D eigenvalue weighted by molar-refractivity contribution is 6.33. The van der Waals surface area contributed by atoms with Crippen LogP contribution in [0, 0.1) is 0 Å². The van der Waals surface area contributed by atoms with E-state index in [1.165, 1.54) is 5.56 Å². The highest BCUT2D eigenvalue weighted by Crippen LogP contribution is 2.35. The molecule has 5 nitrogen and oxygen atoms in total. The molecule has 25 heavy (non-hydrogen) atoms. The Hall–Kier alpha value is -2.79. The van der Waals surface area contributed by atoms with Crippen LogP contribution in [0.15, 0.2) is 42.5 Å². The third-order valence-electron chi connectivity index (χ3n) is 4.43. The molecular formula is C19H16ClN3O2. The molecule has 2 aromatic carbocycles. The molecule has 0 radical (unpaired) electrons. The van der Waals surface area contributed by atoms with Crippen LogP contribution < -0.4 is 10.1 Å². The van der Waals surface area contributed by atoms with E-state index in [0.29, 0.717) is 16.4 Å². The summed E-state index contributed by atoms with van der Waals surface area (Å²) in [7, 11) is 1.65. The number of methoxy groups -OCH3 is 1. The first kappa shape index (κ1) is 15.7. The highest BCUT2D eigenvalue weighted by atomic mass is 35.5. The van der Waals surface area contributed by atoms with Crippen LogP contribution in [0.5, 0.6) is 5.75 Å². The van der Waals surface area contributed by atoms with Crippen LogP contribution in [0.4, 0.5) is 5.69 Å². The molecule has 3 aromatic rings. The number of hydrogen-bond donors (Lipinski definition) is 2. The molecule has 126 valence electrons. The normalized spacial score (nSPS) is 12.2. The van der Waals surface area contributed by atoms with Gasteiger partial charge in [0.15, 0.2) is 0 Å². The van der Waals surface area contributed by atoms with Crippen LogP contribution in [0.2, 0.25) is 5.02 Å². The summed E-state index contributed by atoms with van der Waals surface area (Å²) in [4.78, 5) is 12.7. The summed E-state index contributed by atoms with van der Waals surface area (Å²) in [5, 5.41) is 10.6. The number of hydrogen-bond acceptors (Lipinski definition) is 3. The van der Waals surface area contributed by atoms with Gasteiger partial charge in [-0.25, -0.2) is 0 Å². The van der Waals surface area contributed by atoms with Gasteiger partial charge in [-0.3, -0.25) is 9.89 Å². The molecule has 0 unspecified atom stereocenters. The minimum absolute atomic E-state index is 0.237. The molecule has 0 bridgehead atoms. The number of para-hydroxylation sites is 1. The topological polar surface area (TPSA) is 67.0 Å². The molecule has 6 heteroatoms. The summed E-state index contributed by atoms with van der Waals surface area (Å²) in [5.74, 6) is 0.591. The van der Waals surface area contributed by atoms with E-state index < -0.39 is 0 Å². The Morgan fingerprint density at radius 2 is 2.08 bits per heavy atom. The Morgan fingerprint density at radius 1 is 1.24 bits per heavy atom. The van der Waals surface area contributed by atoms with Crippen molar-refractivity contribution in [2.45, 2.75) is 12.8 Å². The zero-order valence-electron chi connectivity index (χ0n) is 13.6. The molecule has 1 aliphatic rings. The van der Waals surface area contributed by atoms with Crippen molar-refractivity contribution in [3.63, 3.8) is 0 Å². The van der Waals surface area contributed by atoms with Gasteiger partial charge in [0.2, 0.25) is 0 Å². The van der Waals surface area contributed by atoms with Crippen LogP contribution in [-0.4, -0.2) is 23.2 Å². The largest absolute Gasteiger partial charge is 0.497 e. The number of aromatic amines is 1. The zero-order chi connectivity index (χ0) is 17.4. The average Bonchev–Trinajstić information content (AvgIpc) is 3.07. The van der Waals surface area contributed by atoms with E-state index in [0.717, 1.165) is 35.4 Å². The molecule has 0 saturated carbocycles. The fourth-order valence-corrected chi connectivity index (χ4v) is 3.34. The molecule has 0 aliphatic heterocycles. The molecule has 2 N–H and O–H groups in total. The van der Waals surface area contributed by atoms with Crippen molar-refractivity contribution >= 4 is 23.2 Å². The first-order valence-electron chi connectivity index (χ1n) is 7.98. The van der Waals surface area contributed by atoms with E-state index in [4.69, 9.17) is 16.3 Å². The van der Waals surface area contributed by atoms with Gasteiger partial charge < -0.3 is 10.1 Å². The van der Waals surface area contributed by atoms with E-state index in [1.807, 2.05) is 30.3 Å². The molecule has 1 aromatic heterocycles. The zero-order valence-corrected chi connectivity index (χ0v) is 14.4. The van der Waals surface area contributed by atoms with Crippen molar-refractivity contribution in [2.75, 3.05) is 12.4 Å². The quantitative estimate of drug-likeness (QED) is 0.745. The van der Waals surface area contributed by atoms with Crippen molar-refractivity contribution in [3.05, 3.63) is 64.3 Å². The van der Waals surface area contributed by atoms with Crippen LogP contribution in [0.25, 0.3) is 11.3 Å². The number of amides is 1.